The van der Waals surface area contributed by atoms with E-state index in [4.69, 9.17) is 4.42 Å². The minimum atomic E-state index is 0.0907. The second-order valence-corrected chi connectivity index (χ2v) is 9.08. The highest BCUT2D eigenvalue weighted by atomic mass is 16.4. The minimum Gasteiger partial charge on any atom is -0.421 e. The van der Waals surface area contributed by atoms with Gasteiger partial charge in [-0.05, 0) is 35.2 Å². The SMILES string of the molecule is CC(C)(C)c1ccc(C(=O)N2CCN(CCc3nnc(-c4ccccc4)o3)CC2)cc1. The van der Waals surface area contributed by atoms with Gasteiger partial charge < -0.3 is 9.32 Å². The molecule has 0 bridgehead atoms. The average molecular weight is 419 g/mol. The molecule has 0 unspecified atom stereocenters. The molecule has 0 spiro atoms. The van der Waals surface area contributed by atoms with E-state index < -0.39 is 0 Å². The van der Waals surface area contributed by atoms with Crippen LogP contribution in [-0.4, -0.2) is 58.6 Å². The third-order valence-corrected chi connectivity index (χ3v) is 5.79. The molecular weight excluding hydrogens is 388 g/mol. The van der Waals surface area contributed by atoms with Gasteiger partial charge in [0.05, 0.1) is 0 Å². The number of amides is 1. The van der Waals surface area contributed by atoms with Crippen LogP contribution in [0.4, 0.5) is 0 Å². The molecule has 162 valence electrons. The van der Waals surface area contributed by atoms with Crippen molar-refractivity contribution in [2.45, 2.75) is 32.6 Å². The molecule has 1 aliphatic heterocycles. The molecule has 1 aliphatic rings. The topological polar surface area (TPSA) is 62.5 Å². The van der Waals surface area contributed by atoms with Gasteiger partial charge in [-0.15, -0.1) is 10.2 Å². The number of carbonyl (C=O) groups is 1. The molecule has 0 saturated carbocycles. The number of rotatable bonds is 5. The Kier molecular flexibility index (Phi) is 6.18. The van der Waals surface area contributed by atoms with Crippen LogP contribution in [0.15, 0.2) is 59.0 Å². The Hall–Kier alpha value is -2.99. The fourth-order valence-corrected chi connectivity index (χ4v) is 3.78. The first-order valence-corrected chi connectivity index (χ1v) is 10.9. The first-order valence-electron chi connectivity index (χ1n) is 10.9. The van der Waals surface area contributed by atoms with E-state index in [2.05, 4.69) is 48.0 Å². The van der Waals surface area contributed by atoms with E-state index in [1.807, 2.05) is 47.4 Å². The normalized spacial score (nSPS) is 15.3. The van der Waals surface area contributed by atoms with Crippen LogP contribution in [0.5, 0.6) is 0 Å². The molecule has 1 fully saturated rings. The van der Waals surface area contributed by atoms with E-state index in [0.717, 1.165) is 43.9 Å². The van der Waals surface area contributed by atoms with Gasteiger partial charge in [-0.3, -0.25) is 9.69 Å². The fraction of sp³-hybridized carbons (Fsp3) is 0.400. The maximum atomic E-state index is 12.9. The minimum absolute atomic E-state index is 0.0907. The van der Waals surface area contributed by atoms with Crippen LogP contribution in [0.1, 0.15) is 42.6 Å². The summed E-state index contributed by atoms with van der Waals surface area (Å²) in [7, 11) is 0. The Balaban J connectivity index is 1.26. The standard InChI is InChI=1S/C25H30N4O2/c1-25(2,3)21-11-9-20(10-12-21)24(30)29-17-15-28(16-18-29)14-13-22-26-27-23(31-22)19-7-5-4-6-8-19/h4-12H,13-18H2,1-3H3. The maximum Gasteiger partial charge on any atom is 0.253 e. The van der Waals surface area contributed by atoms with Crippen LogP contribution in [0.3, 0.4) is 0 Å². The summed E-state index contributed by atoms with van der Waals surface area (Å²) in [6, 6.07) is 17.8. The van der Waals surface area contributed by atoms with Crippen LogP contribution >= 0.6 is 0 Å². The van der Waals surface area contributed by atoms with Gasteiger partial charge in [0, 0.05) is 50.3 Å². The lowest BCUT2D eigenvalue weighted by Crippen LogP contribution is -2.49. The van der Waals surface area contributed by atoms with Gasteiger partial charge in [0.1, 0.15) is 0 Å². The molecule has 0 aliphatic carbocycles. The highest BCUT2D eigenvalue weighted by Crippen LogP contribution is 2.23. The molecule has 2 heterocycles. The Morgan fingerprint density at radius 2 is 1.61 bits per heavy atom. The van der Waals surface area contributed by atoms with E-state index in [1.165, 1.54) is 5.56 Å². The molecule has 31 heavy (non-hydrogen) atoms. The zero-order valence-electron chi connectivity index (χ0n) is 18.5. The number of piperazine rings is 1. The van der Waals surface area contributed by atoms with E-state index in [9.17, 15) is 4.79 Å². The van der Waals surface area contributed by atoms with Gasteiger partial charge in [0.15, 0.2) is 0 Å². The summed E-state index contributed by atoms with van der Waals surface area (Å²) in [5.41, 5.74) is 3.03. The lowest BCUT2D eigenvalue weighted by molar-refractivity contribution is 0.0636. The second-order valence-electron chi connectivity index (χ2n) is 9.08. The summed E-state index contributed by atoms with van der Waals surface area (Å²) >= 11 is 0. The number of aromatic nitrogens is 2. The quantitative estimate of drug-likeness (QED) is 0.626. The van der Waals surface area contributed by atoms with E-state index in [1.54, 1.807) is 0 Å². The smallest absolute Gasteiger partial charge is 0.253 e. The van der Waals surface area contributed by atoms with E-state index in [-0.39, 0.29) is 11.3 Å². The van der Waals surface area contributed by atoms with Gasteiger partial charge in [0.2, 0.25) is 11.8 Å². The Morgan fingerprint density at radius 1 is 0.935 bits per heavy atom. The third-order valence-electron chi connectivity index (χ3n) is 5.79. The zero-order valence-corrected chi connectivity index (χ0v) is 18.5. The average Bonchev–Trinajstić information content (AvgIpc) is 3.27. The predicted molar refractivity (Wildman–Crippen MR) is 121 cm³/mol. The van der Waals surface area contributed by atoms with E-state index >= 15 is 0 Å². The molecule has 6 heteroatoms. The van der Waals surface area contributed by atoms with Crippen molar-refractivity contribution in [3.05, 3.63) is 71.6 Å². The summed E-state index contributed by atoms with van der Waals surface area (Å²) in [4.78, 5) is 17.2. The lowest BCUT2D eigenvalue weighted by Gasteiger charge is -2.34. The molecule has 2 aromatic carbocycles. The van der Waals surface area contributed by atoms with Gasteiger partial charge in [-0.25, -0.2) is 0 Å². The van der Waals surface area contributed by atoms with Gasteiger partial charge in [0.25, 0.3) is 5.91 Å². The molecule has 4 rings (SSSR count). The lowest BCUT2D eigenvalue weighted by atomic mass is 9.86. The number of benzene rings is 2. The molecular formula is C25H30N4O2. The Bertz CT molecular complexity index is 998. The van der Waals surface area contributed by atoms with Gasteiger partial charge in [-0.2, -0.15) is 0 Å². The van der Waals surface area contributed by atoms with Crippen molar-refractivity contribution in [2.24, 2.45) is 0 Å². The van der Waals surface area contributed by atoms with E-state index in [0.29, 0.717) is 18.2 Å². The van der Waals surface area contributed by atoms with Crippen LogP contribution in [0.2, 0.25) is 0 Å². The Morgan fingerprint density at radius 3 is 2.26 bits per heavy atom. The fourth-order valence-electron chi connectivity index (χ4n) is 3.78. The van der Waals surface area contributed by atoms with Crippen molar-refractivity contribution >= 4 is 5.91 Å². The molecule has 1 aromatic heterocycles. The number of hydrogen-bond acceptors (Lipinski definition) is 5. The first kappa shape index (κ1) is 21.2. The summed E-state index contributed by atoms with van der Waals surface area (Å²) < 4.78 is 5.80. The second kappa shape index (κ2) is 9.02. The maximum absolute atomic E-state index is 12.9. The van der Waals surface area contributed by atoms with Crippen molar-refractivity contribution in [3.8, 4) is 11.5 Å². The summed E-state index contributed by atoms with van der Waals surface area (Å²) in [6.07, 6.45) is 0.710. The van der Waals surface area contributed by atoms with Crippen molar-refractivity contribution in [1.29, 1.82) is 0 Å². The van der Waals surface area contributed by atoms with Crippen LogP contribution < -0.4 is 0 Å². The summed E-state index contributed by atoms with van der Waals surface area (Å²) in [5.74, 6) is 1.32. The third kappa shape index (κ3) is 5.20. The highest BCUT2D eigenvalue weighted by Gasteiger charge is 2.23. The molecule has 0 N–H and O–H groups in total. The molecule has 3 aromatic rings. The largest absolute Gasteiger partial charge is 0.421 e. The van der Waals surface area contributed by atoms with Crippen LogP contribution in [0.25, 0.3) is 11.5 Å². The molecule has 1 saturated heterocycles. The summed E-state index contributed by atoms with van der Waals surface area (Å²) in [5, 5.41) is 8.33. The van der Waals surface area contributed by atoms with Crippen LogP contribution in [-0.2, 0) is 11.8 Å². The number of carbonyl (C=O) groups excluding carboxylic acids is 1. The Labute approximate surface area is 183 Å². The highest BCUT2D eigenvalue weighted by molar-refractivity contribution is 5.94. The zero-order chi connectivity index (χ0) is 21.8. The van der Waals surface area contributed by atoms with Crippen molar-refractivity contribution < 1.29 is 9.21 Å². The van der Waals surface area contributed by atoms with Crippen molar-refractivity contribution in [2.75, 3.05) is 32.7 Å². The molecule has 1 amide bonds. The molecule has 6 nitrogen and oxygen atoms in total. The number of hydrogen-bond donors (Lipinski definition) is 0. The first-order chi connectivity index (χ1) is 14.9. The monoisotopic (exact) mass is 418 g/mol. The van der Waals surface area contributed by atoms with Gasteiger partial charge in [-0.1, -0.05) is 51.1 Å². The van der Waals surface area contributed by atoms with Gasteiger partial charge >= 0.3 is 0 Å². The predicted octanol–water partition coefficient (Wildman–Crippen LogP) is 4.03. The molecule has 0 atom stereocenters. The van der Waals surface area contributed by atoms with Crippen LogP contribution in [0, 0.1) is 0 Å². The van der Waals surface area contributed by atoms with Crippen molar-refractivity contribution in [1.82, 2.24) is 20.0 Å². The number of nitrogens with zero attached hydrogens (tertiary/aromatic N) is 4. The summed E-state index contributed by atoms with van der Waals surface area (Å²) in [6.45, 7) is 10.6. The van der Waals surface area contributed by atoms with Crippen molar-refractivity contribution in [3.63, 3.8) is 0 Å². The molecule has 0 radical (unpaired) electrons.